The lowest BCUT2D eigenvalue weighted by atomic mass is 10.1. The van der Waals surface area contributed by atoms with Gasteiger partial charge in [-0.3, -0.25) is 0 Å². The van der Waals surface area contributed by atoms with Crippen LogP contribution in [0.1, 0.15) is 31.2 Å². The summed E-state index contributed by atoms with van der Waals surface area (Å²) in [5.41, 5.74) is 8.38. The lowest BCUT2D eigenvalue weighted by molar-refractivity contribution is 0.466. The zero-order chi connectivity index (χ0) is 12.4. The Bertz CT molecular complexity index is 521. The Morgan fingerprint density at radius 2 is 2.00 bits per heavy atom. The van der Waals surface area contributed by atoms with Gasteiger partial charge in [0.15, 0.2) is 0 Å². The third kappa shape index (κ3) is 2.30. The molecule has 1 aromatic heterocycles. The van der Waals surface area contributed by atoms with Crippen LogP contribution in [0, 0.1) is 5.92 Å². The van der Waals surface area contributed by atoms with E-state index in [1.54, 1.807) is 0 Å². The molecule has 2 nitrogen and oxygen atoms in total. The number of aromatic nitrogens is 1. The molecule has 0 unspecified atom stereocenters. The summed E-state index contributed by atoms with van der Waals surface area (Å²) in [6, 6.07) is 8.98. The molecule has 2 aromatic rings. The lowest BCUT2D eigenvalue weighted by Gasteiger charge is -2.12. The number of fused-ring (bicyclic) bond motifs is 1. The van der Waals surface area contributed by atoms with Crippen molar-refractivity contribution < 1.29 is 0 Å². The summed E-state index contributed by atoms with van der Waals surface area (Å²) in [5.74, 6) is 0.888. The summed E-state index contributed by atoms with van der Waals surface area (Å²) in [6.07, 6.45) is 8.87. The zero-order valence-electron chi connectivity index (χ0n) is 10.9. The second kappa shape index (κ2) is 5.15. The van der Waals surface area contributed by atoms with Crippen LogP contribution in [0.3, 0.4) is 0 Å². The highest BCUT2D eigenvalue weighted by atomic mass is 15.0. The second-order valence-electron chi connectivity index (χ2n) is 5.55. The third-order valence-electron chi connectivity index (χ3n) is 4.20. The van der Waals surface area contributed by atoms with E-state index < -0.39 is 0 Å². The van der Waals surface area contributed by atoms with Crippen molar-refractivity contribution >= 4 is 10.9 Å². The van der Waals surface area contributed by atoms with Gasteiger partial charge in [-0.1, -0.05) is 25.0 Å². The molecule has 3 rings (SSSR count). The third-order valence-corrected chi connectivity index (χ3v) is 4.20. The maximum Gasteiger partial charge on any atom is 0.0483 e. The van der Waals surface area contributed by atoms with E-state index in [1.165, 1.54) is 48.7 Å². The molecule has 1 saturated carbocycles. The summed E-state index contributed by atoms with van der Waals surface area (Å²) in [4.78, 5) is 0. The fourth-order valence-electron chi connectivity index (χ4n) is 3.18. The average molecular weight is 242 g/mol. The van der Waals surface area contributed by atoms with Gasteiger partial charge in [0, 0.05) is 18.3 Å². The summed E-state index contributed by atoms with van der Waals surface area (Å²) in [6.45, 7) is 1.92. The van der Waals surface area contributed by atoms with Crippen LogP contribution in [0.5, 0.6) is 0 Å². The molecular formula is C16H22N2. The van der Waals surface area contributed by atoms with Crippen LogP contribution in [-0.2, 0) is 13.0 Å². The van der Waals surface area contributed by atoms with Crippen LogP contribution < -0.4 is 5.73 Å². The van der Waals surface area contributed by atoms with Gasteiger partial charge in [-0.2, -0.15) is 0 Å². The predicted octanol–water partition coefficient (Wildman–Crippen LogP) is 3.33. The maximum absolute atomic E-state index is 5.64. The first kappa shape index (κ1) is 11.8. The van der Waals surface area contributed by atoms with Gasteiger partial charge in [-0.15, -0.1) is 0 Å². The van der Waals surface area contributed by atoms with Gasteiger partial charge >= 0.3 is 0 Å². The van der Waals surface area contributed by atoms with Gasteiger partial charge in [0.2, 0.25) is 0 Å². The topological polar surface area (TPSA) is 30.9 Å². The van der Waals surface area contributed by atoms with Crippen LogP contribution in [0.15, 0.2) is 30.5 Å². The minimum atomic E-state index is 0.731. The Balaban J connectivity index is 1.88. The minimum absolute atomic E-state index is 0.731. The average Bonchev–Trinajstić information content (AvgIpc) is 3.01. The Morgan fingerprint density at radius 1 is 1.17 bits per heavy atom. The monoisotopic (exact) mass is 242 g/mol. The smallest absolute Gasteiger partial charge is 0.0483 e. The molecule has 1 aliphatic rings. The van der Waals surface area contributed by atoms with Gasteiger partial charge in [0.05, 0.1) is 0 Å². The summed E-state index contributed by atoms with van der Waals surface area (Å²) < 4.78 is 2.44. The van der Waals surface area contributed by atoms with Gasteiger partial charge in [0.1, 0.15) is 0 Å². The van der Waals surface area contributed by atoms with Crippen molar-refractivity contribution in [3.8, 4) is 0 Å². The number of benzene rings is 1. The molecule has 1 aliphatic carbocycles. The Hall–Kier alpha value is -1.28. The van der Waals surface area contributed by atoms with Crippen molar-refractivity contribution in [2.75, 3.05) is 6.54 Å². The van der Waals surface area contributed by atoms with Crippen molar-refractivity contribution in [3.05, 3.63) is 36.0 Å². The zero-order valence-corrected chi connectivity index (χ0v) is 10.9. The molecule has 1 fully saturated rings. The Kier molecular flexibility index (Phi) is 3.37. The second-order valence-corrected chi connectivity index (χ2v) is 5.55. The number of hydrogen-bond acceptors (Lipinski definition) is 1. The van der Waals surface area contributed by atoms with Gasteiger partial charge in [-0.25, -0.2) is 0 Å². The molecule has 96 valence electrons. The quantitative estimate of drug-likeness (QED) is 0.876. The molecule has 0 bridgehead atoms. The first-order valence-corrected chi connectivity index (χ1v) is 7.14. The number of hydrogen-bond donors (Lipinski definition) is 1. The largest absolute Gasteiger partial charge is 0.347 e. The number of nitrogens with zero attached hydrogens (tertiary/aromatic N) is 1. The summed E-state index contributed by atoms with van der Waals surface area (Å²) >= 11 is 0. The maximum atomic E-state index is 5.64. The molecule has 0 atom stereocenters. The van der Waals surface area contributed by atoms with E-state index in [2.05, 4.69) is 35.0 Å². The van der Waals surface area contributed by atoms with Crippen molar-refractivity contribution in [2.24, 2.45) is 11.7 Å². The molecular weight excluding hydrogens is 220 g/mol. The van der Waals surface area contributed by atoms with E-state index in [-0.39, 0.29) is 0 Å². The fraction of sp³-hybridized carbons (Fsp3) is 0.500. The molecule has 0 amide bonds. The molecule has 2 N–H and O–H groups in total. The van der Waals surface area contributed by atoms with Crippen LogP contribution >= 0.6 is 0 Å². The fourth-order valence-corrected chi connectivity index (χ4v) is 3.18. The van der Waals surface area contributed by atoms with Crippen LogP contribution in [0.25, 0.3) is 10.9 Å². The first-order valence-electron chi connectivity index (χ1n) is 7.14. The highest BCUT2D eigenvalue weighted by molar-refractivity contribution is 5.80. The van der Waals surface area contributed by atoms with Crippen LogP contribution in [0.2, 0.25) is 0 Å². The van der Waals surface area contributed by atoms with E-state index >= 15 is 0 Å². The highest BCUT2D eigenvalue weighted by Gasteiger charge is 2.16. The summed E-state index contributed by atoms with van der Waals surface area (Å²) in [7, 11) is 0. The van der Waals surface area contributed by atoms with Crippen molar-refractivity contribution in [1.29, 1.82) is 0 Å². The van der Waals surface area contributed by atoms with Crippen LogP contribution in [-0.4, -0.2) is 11.1 Å². The number of nitrogens with two attached hydrogens (primary N) is 1. The number of rotatable bonds is 4. The van der Waals surface area contributed by atoms with E-state index in [0.717, 1.165) is 18.9 Å². The molecule has 0 spiro atoms. The molecule has 18 heavy (non-hydrogen) atoms. The van der Waals surface area contributed by atoms with Gasteiger partial charge in [0.25, 0.3) is 0 Å². The SMILES string of the molecule is NCCc1ccc2ccn(CC3CCCC3)c2c1. The summed E-state index contributed by atoms with van der Waals surface area (Å²) in [5, 5.41) is 1.36. The van der Waals surface area contributed by atoms with Crippen molar-refractivity contribution in [2.45, 2.75) is 38.6 Å². The molecule has 0 radical (unpaired) electrons. The minimum Gasteiger partial charge on any atom is -0.347 e. The Morgan fingerprint density at radius 3 is 2.78 bits per heavy atom. The van der Waals surface area contributed by atoms with E-state index in [0.29, 0.717) is 0 Å². The van der Waals surface area contributed by atoms with Crippen LogP contribution in [0.4, 0.5) is 0 Å². The lowest BCUT2D eigenvalue weighted by Crippen LogP contribution is -2.06. The van der Waals surface area contributed by atoms with E-state index in [4.69, 9.17) is 5.73 Å². The predicted molar refractivity (Wildman–Crippen MR) is 76.7 cm³/mol. The first-order chi connectivity index (χ1) is 8.86. The van der Waals surface area contributed by atoms with Gasteiger partial charge < -0.3 is 10.3 Å². The molecule has 2 heteroatoms. The van der Waals surface area contributed by atoms with E-state index in [9.17, 15) is 0 Å². The molecule has 1 heterocycles. The highest BCUT2D eigenvalue weighted by Crippen LogP contribution is 2.28. The Labute approximate surface area is 109 Å². The normalized spacial score (nSPS) is 16.7. The van der Waals surface area contributed by atoms with E-state index in [1.807, 2.05) is 0 Å². The molecule has 0 saturated heterocycles. The molecule has 1 aromatic carbocycles. The van der Waals surface area contributed by atoms with Crippen molar-refractivity contribution in [3.63, 3.8) is 0 Å². The molecule has 0 aliphatic heterocycles. The van der Waals surface area contributed by atoms with Crippen molar-refractivity contribution in [1.82, 2.24) is 4.57 Å². The standard InChI is InChI=1S/C16H22N2/c17-9-7-13-5-6-15-8-10-18(16(15)11-13)12-14-3-1-2-4-14/h5-6,8,10-11,14H,1-4,7,9,12,17H2. The van der Waals surface area contributed by atoms with Gasteiger partial charge in [-0.05, 0) is 54.8 Å².